The molecule has 0 saturated carbocycles. The van der Waals surface area contributed by atoms with E-state index in [1.807, 2.05) is 0 Å². The van der Waals surface area contributed by atoms with Crippen LogP contribution < -0.4 is 14.8 Å². The van der Waals surface area contributed by atoms with Gasteiger partial charge in [0.05, 0.1) is 17.7 Å². The fourth-order valence-electron chi connectivity index (χ4n) is 2.08. The topological polar surface area (TPSA) is 108 Å². The van der Waals surface area contributed by atoms with E-state index in [4.69, 9.17) is 9.47 Å². The molecule has 1 atom stereocenters. The molecule has 25 heavy (non-hydrogen) atoms. The van der Waals surface area contributed by atoms with Crippen LogP contribution in [0.3, 0.4) is 0 Å². The lowest BCUT2D eigenvalue weighted by Crippen LogP contribution is -2.30. The Balaban J connectivity index is 2.16. The second kappa shape index (κ2) is 7.91. The Bertz CT molecular complexity index is 805. The van der Waals surface area contributed by atoms with Crippen LogP contribution in [0, 0.1) is 10.1 Å². The Morgan fingerprint density at radius 2 is 1.96 bits per heavy atom. The maximum Gasteiger partial charge on any atom is 0.311 e. The molecule has 0 aromatic heterocycles. The molecule has 0 spiro atoms. The molecule has 130 valence electrons. The highest BCUT2D eigenvalue weighted by Gasteiger charge is 2.22. The molecule has 8 heteroatoms. The zero-order valence-corrected chi connectivity index (χ0v) is 13.6. The van der Waals surface area contributed by atoms with Crippen molar-refractivity contribution in [3.8, 4) is 11.5 Å². The number of carbonyl (C=O) groups is 2. The van der Waals surface area contributed by atoms with Gasteiger partial charge in [-0.1, -0.05) is 12.1 Å². The quantitative estimate of drug-likeness (QED) is 0.470. The lowest BCUT2D eigenvalue weighted by atomic mass is 10.2. The summed E-state index contributed by atoms with van der Waals surface area (Å²) < 4.78 is 10.5. The zero-order chi connectivity index (χ0) is 18.4. The van der Waals surface area contributed by atoms with Crippen LogP contribution in [-0.4, -0.2) is 30.3 Å². The number of amides is 1. The van der Waals surface area contributed by atoms with Crippen LogP contribution in [0.25, 0.3) is 0 Å². The predicted octanol–water partition coefficient (Wildman–Crippen LogP) is 2.82. The number of methoxy groups -OCH3 is 1. The Labute approximate surface area is 143 Å². The van der Waals surface area contributed by atoms with Crippen molar-refractivity contribution in [3.05, 3.63) is 58.1 Å². The summed E-state index contributed by atoms with van der Waals surface area (Å²) in [6.45, 7) is 1.46. The SMILES string of the molecule is COc1ccccc1NC(=O)[C@@H](C)Oc1ccc(C=O)cc1[N+](=O)[O-]. The van der Waals surface area contributed by atoms with Crippen LogP contribution in [0.15, 0.2) is 42.5 Å². The van der Waals surface area contributed by atoms with Crippen LogP contribution >= 0.6 is 0 Å². The summed E-state index contributed by atoms with van der Waals surface area (Å²) >= 11 is 0. The van der Waals surface area contributed by atoms with Gasteiger partial charge in [-0.25, -0.2) is 0 Å². The maximum atomic E-state index is 12.3. The fourth-order valence-corrected chi connectivity index (χ4v) is 2.08. The lowest BCUT2D eigenvalue weighted by molar-refractivity contribution is -0.386. The van der Waals surface area contributed by atoms with E-state index in [1.54, 1.807) is 24.3 Å². The molecule has 1 amide bonds. The van der Waals surface area contributed by atoms with Gasteiger partial charge in [-0.2, -0.15) is 0 Å². The van der Waals surface area contributed by atoms with Crippen LogP contribution in [0.4, 0.5) is 11.4 Å². The third-order valence-corrected chi connectivity index (χ3v) is 3.35. The Kier molecular flexibility index (Phi) is 5.67. The highest BCUT2D eigenvalue weighted by molar-refractivity contribution is 5.95. The van der Waals surface area contributed by atoms with Gasteiger partial charge in [-0.05, 0) is 31.2 Å². The Morgan fingerprint density at radius 3 is 2.60 bits per heavy atom. The van der Waals surface area contributed by atoms with E-state index in [-0.39, 0.29) is 17.0 Å². The molecule has 0 aliphatic rings. The summed E-state index contributed by atoms with van der Waals surface area (Å²) in [5, 5.41) is 13.7. The van der Waals surface area contributed by atoms with Crippen LogP contribution in [-0.2, 0) is 4.79 Å². The van der Waals surface area contributed by atoms with Gasteiger partial charge in [0.25, 0.3) is 5.91 Å². The summed E-state index contributed by atoms with van der Waals surface area (Å²) in [6.07, 6.45) is -0.514. The summed E-state index contributed by atoms with van der Waals surface area (Å²) in [7, 11) is 1.48. The van der Waals surface area contributed by atoms with E-state index in [9.17, 15) is 19.7 Å². The second-order valence-electron chi connectivity index (χ2n) is 5.05. The number of rotatable bonds is 7. The monoisotopic (exact) mass is 344 g/mol. The molecule has 0 heterocycles. The number of aldehydes is 1. The molecule has 2 aromatic rings. The van der Waals surface area contributed by atoms with Gasteiger partial charge in [0.15, 0.2) is 11.9 Å². The first-order valence-electron chi connectivity index (χ1n) is 7.30. The Hall–Kier alpha value is -3.42. The van der Waals surface area contributed by atoms with Crippen LogP contribution in [0.5, 0.6) is 11.5 Å². The molecular weight excluding hydrogens is 328 g/mol. The van der Waals surface area contributed by atoms with Crippen LogP contribution in [0.1, 0.15) is 17.3 Å². The number of hydrogen-bond acceptors (Lipinski definition) is 6. The van der Waals surface area contributed by atoms with Gasteiger partial charge in [-0.3, -0.25) is 19.7 Å². The van der Waals surface area contributed by atoms with Crippen LogP contribution in [0.2, 0.25) is 0 Å². The first-order valence-corrected chi connectivity index (χ1v) is 7.30. The van der Waals surface area contributed by atoms with Gasteiger partial charge >= 0.3 is 5.69 Å². The van der Waals surface area contributed by atoms with E-state index in [1.165, 1.54) is 26.2 Å². The third-order valence-electron chi connectivity index (χ3n) is 3.35. The smallest absolute Gasteiger partial charge is 0.311 e. The summed E-state index contributed by atoms with van der Waals surface area (Å²) in [6, 6.07) is 10.6. The van der Waals surface area contributed by atoms with E-state index in [2.05, 4.69) is 5.32 Å². The number of hydrogen-bond donors (Lipinski definition) is 1. The number of carbonyl (C=O) groups excluding carboxylic acids is 2. The summed E-state index contributed by atoms with van der Waals surface area (Å²) in [5.41, 5.74) is 0.211. The number of nitrogens with one attached hydrogen (secondary N) is 1. The number of para-hydroxylation sites is 2. The lowest BCUT2D eigenvalue weighted by Gasteiger charge is -2.16. The third kappa shape index (κ3) is 4.31. The Morgan fingerprint density at radius 1 is 1.24 bits per heavy atom. The fraction of sp³-hybridized carbons (Fsp3) is 0.176. The zero-order valence-electron chi connectivity index (χ0n) is 13.6. The van der Waals surface area contributed by atoms with E-state index in [0.29, 0.717) is 17.7 Å². The van der Waals surface area contributed by atoms with Gasteiger partial charge in [-0.15, -0.1) is 0 Å². The standard InChI is InChI=1S/C17H16N2O6/c1-11(17(21)18-13-5-3-4-6-15(13)24-2)25-16-8-7-12(10-20)9-14(16)19(22)23/h3-11H,1-2H3,(H,18,21)/t11-/m1/s1. The number of anilines is 1. The van der Waals surface area contributed by atoms with Crippen molar-refractivity contribution in [1.29, 1.82) is 0 Å². The van der Waals surface area contributed by atoms with Crippen molar-refractivity contribution in [2.45, 2.75) is 13.0 Å². The van der Waals surface area contributed by atoms with Crippen molar-refractivity contribution in [2.24, 2.45) is 0 Å². The largest absolute Gasteiger partial charge is 0.495 e. The molecule has 8 nitrogen and oxygen atoms in total. The molecular formula is C17H16N2O6. The van der Waals surface area contributed by atoms with E-state index in [0.717, 1.165) is 6.07 Å². The molecule has 2 rings (SSSR count). The highest BCUT2D eigenvalue weighted by Crippen LogP contribution is 2.29. The molecule has 0 bridgehead atoms. The number of nitro benzene ring substituents is 1. The molecule has 0 aliphatic carbocycles. The van der Waals surface area contributed by atoms with Gasteiger partial charge < -0.3 is 14.8 Å². The first kappa shape index (κ1) is 17.9. The van der Waals surface area contributed by atoms with Crippen molar-refractivity contribution < 1.29 is 24.0 Å². The van der Waals surface area contributed by atoms with Crippen molar-refractivity contribution in [3.63, 3.8) is 0 Å². The molecule has 0 aliphatic heterocycles. The minimum atomic E-state index is -1.01. The molecule has 0 saturated heterocycles. The van der Waals surface area contributed by atoms with Crippen molar-refractivity contribution >= 4 is 23.6 Å². The number of nitrogens with zero attached hydrogens (tertiary/aromatic N) is 1. The first-order chi connectivity index (χ1) is 12.0. The van der Waals surface area contributed by atoms with Gasteiger partial charge in [0, 0.05) is 11.6 Å². The number of nitro groups is 1. The van der Waals surface area contributed by atoms with Gasteiger partial charge in [0.2, 0.25) is 0 Å². The van der Waals surface area contributed by atoms with Crippen molar-refractivity contribution in [2.75, 3.05) is 12.4 Å². The minimum Gasteiger partial charge on any atom is -0.495 e. The molecule has 0 fully saturated rings. The summed E-state index contributed by atoms with van der Waals surface area (Å²) in [4.78, 5) is 33.5. The minimum absolute atomic E-state index is 0.0988. The summed E-state index contributed by atoms with van der Waals surface area (Å²) in [5.74, 6) is -0.124. The molecule has 0 radical (unpaired) electrons. The average Bonchev–Trinajstić information content (AvgIpc) is 2.62. The average molecular weight is 344 g/mol. The molecule has 1 N–H and O–H groups in total. The van der Waals surface area contributed by atoms with Gasteiger partial charge in [0.1, 0.15) is 12.0 Å². The number of benzene rings is 2. The van der Waals surface area contributed by atoms with E-state index >= 15 is 0 Å². The number of ether oxygens (including phenoxy) is 2. The highest BCUT2D eigenvalue weighted by atomic mass is 16.6. The van der Waals surface area contributed by atoms with Crippen molar-refractivity contribution in [1.82, 2.24) is 0 Å². The molecule has 2 aromatic carbocycles. The molecule has 0 unspecified atom stereocenters. The van der Waals surface area contributed by atoms with E-state index < -0.39 is 16.9 Å². The predicted molar refractivity (Wildman–Crippen MR) is 90.2 cm³/mol. The second-order valence-corrected chi connectivity index (χ2v) is 5.05. The maximum absolute atomic E-state index is 12.3. The normalized spacial score (nSPS) is 11.3.